The first kappa shape index (κ1) is 14.5. The van der Waals surface area contributed by atoms with Gasteiger partial charge in [-0.3, -0.25) is 9.29 Å². The fraction of sp³-hybridized carbons (Fsp3) is 0.167. The number of anilines is 1. The van der Waals surface area contributed by atoms with Crippen LogP contribution in [0.3, 0.4) is 0 Å². The lowest BCUT2D eigenvalue weighted by molar-refractivity contribution is 0.0698. The summed E-state index contributed by atoms with van der Waals surface area (Å²) < 4.78 is 26.2. The molecule has 2 aromatic heterocycles. The maximum atomic E-state index is 12.6. The molecule has 0 aliphatic rings. The summed E-state index contributed by atoms with van der Waals surface area (Å²) in [7, 11) is -2.56. The Labute approximate surface area is 120 Å². The number of aryl methyl sites for hydroxylation is 1. The standard InChI is InChI=1S/C12H12N2O4S2/c1-8-7-19-10(12(15)16)11(8)20(17,18)14(2)9-4-3-5-13-6-9/h3-7H,1-2H3,(H,15,16). The third-order valence-electron chi connectivity index (χ3n) is 2.74. The first-order chi connectivity index (χ1) is 9.35. The molecule has 0 saturated carbocycles. The summed E-state index contributed by atoms with van der Waals surface area (Å²) in [6.45, 7) is 1.58. The van der Waals surface area contributed by atoms with Gasteiger partial charge in [0.05, 0.1) is 11.9 Å². The average Bonchev–Trinajstić information content (AvgIpc) is 2.81. The predicted molar refractivity (Wildman–Crippen MR) is 75.8 cm³/mol. The van der Waals surface area contributed by atoms with E-state index >= 15 is 0 Å². The lowest BCUT2D eigenvalue weighted by Gasteiger charge is -2.19. The van der Waals surface area contributed by atoms with Crippen LogP contribution in [0.5, 0.6) is 0 Å². The van der Waals surface area contributed by atoms with Gasteiger partial charge in [-0.15, -0.1) is 11.3 Å². The molecule has 0 amide bonds. The van der Waals surface area contributed by atoms with Crippen molar-refractivity contribution >= 4 is 33.0 Å². The van der Waals surface area contributed by atoms with Crippen molar-refractivity contribution in [1.82, 2.24) is 4.98 Å². The maximum absolute atomic E-state index is 12.6. The van der Waals surface area contributed by atoms with Crippen LogP contribution in [0, 0.1) is 6.92 Å². The van der Waals surface area contributed by atoms with Gasteiger partial charge in [0.1, 0.15) is 9.77 Å². The molecule has 8 heteroatoms. The van der Waals surface area contributed by atoms with Crippen molar-refractivity contribution in [2.24, 2.45) is 0 Å². The van der Waals surface area contributed by atoms with E-state index in [1.54, 1.807) is 19.1 Å². The molecule has 2 heterocycles. The highest BCUT2D eigenvalue weighted by Gasteiger charge is 2.30. The van der Waals surface area contributed by atoms with E-state index < -0.39 is 16.0 Å². The molecular weight excluding hydrogens is 300 g/mol. The normalized spacial score (nSPS) is 11.3. The van der Waals surface area contributed by atoms with Gasteiger partial charge in [-0.25, -0.2) is 13.2 Å². The molecular formula is C12H12N2O4S2. The molecule has 0 radical (unpaired) electrons. The molecule has 106 valence electrons. The second-order valence-corrected chi connectivity index (χ2v) is 6.85. The molecule has 0 unspecified atom stereocenters. The molecule has 0 aliphatic heterocycles. The summed E-state index contributed by atoms with van der Waals surface area (Å²) in [4.78, 5) is 14.7. The number of carbonyl (C=O) groups is 1. The lowest BCUT2D eigenvalue weighted by Crippen LogP contribution is -2.28. The van der Waals surface area contributed by atoms with Gasteiger partial charge in [0.2, 0.25) is 0 Å². The molecule has 1 N–H and O–H groups in total. The van der Waals surface area contributed by atoms with Crippen LogP contribution in [0.15, 0.2) is 34.8 Å². The predicted octanol–water partition coefficient (Wildman–Crippen LogP) is 1.97. The Hall–Kier alpha value is -1.93. The van der Waals surface area contributed by atoms with Crippen molar-refractivity contribution < 1.29 is 18.3 Å². The number of hydrogen-bond donors (Lipinski definition) is 1. The van der Waals surface area contributed by atoms with Crippen LogP contribution in [-0.2, 0) is 10.0 Å². The number of aromatic nitrogens is 1. The molecule has 2 aromatic rings. The molecule has 0 spiro atoms. The van der Waals surface area contributed by atoms with Crippen LogP contribution in [-0.4, -0.2) is 31.5 Å². The number of aromatic carboxylic acids is 1. The van der Waals surface area contributed by atoms with E-state index in [2.05, 4.69) is 4.98 Å². The van der Waals surface area contributed by atoms with Gasteiger partial charge < -0.3 is 5.11 Å². The van der Waals surface area contributed by atoms with E-state index in [0.717, 1.165) is 15.6 Å². The zero-order valence-electron chi connectivity index (χ0n) is 10.8. The SMILES string of the molecule is Cc1csc(C(=O)O)c1S(=O)(=O)N(C)c1cccnc1. The Kier molecular flexibility index (Phi) is 3.78. The Morgan fingerprint density at radius 1 is 1.45 bits per heavy atom. The van der Waals surface area contributed by atoms with E-state index in [-0.39, 0.29) is 9.77 Å². The van der Waals surface area contributed by atoms with E-state index in [4.69, 9.17) is 5.11 Å². The molecule has 6 nitrogen and oxygen atoms in total. The zero-order chi connectivity index (χ0) is 14.9. The number of carboxylic acids is 1. The molecule has 0 bridgehead atoms. The van der Waals surface area contributed by atoms with Crippen LogP contribution < -0.4 is 4.31 Å². The Bertz CT molecular complexity index is 738. The van der Waals surface area contributed by atoms with Crippen LogP contribution in [0.25, 0.3) is 0 Å². The van der Waals surface area contributed by atoms with Gasteiger partial charge in [0.15, 0.2) is 0 Å². The van der Waals surface area contributed by atoms with Crippen LogP contribution in [0.4, 0.5) is 5.69 Å². The minimum Gasteiger partial charge on any atom is -0.477 e. The maximum Gasteiger partial charge on any atom is 0.347 e. The van der Waals surface area contributed by atoms with Gasteiger partial charge >= 0.3 is 5.97 Å². The third kappa shape index (κ3) is 2.39. The molecule has 0 saturated heterocycles. The van der Waals surface area contributed by atoms with Crippen molar-refractivity contribution in [1.29, 1.82) is 0 Å². The minimum atomic E-state index is -3.93. The number of thiophene rings is 1. The molecule has 0 aliphatic carbocycles. The van der Waals surface area contributed by atoms with E-state index in [0.29, 0.717) is 11.3 Å². The average molecular weight is 312 g/mol. The molecule has 0 fully saturated rings. The highest BCUT2D eigenvalue weighted by atomic mass is 32.2. The van der Waals surface area contributed by atoms with Crippen molar-refractivity contribution in [3.63, 3.8) is 0 Å². The number of hydrogen-bond acceptors (Lipinski definition) is 5. The quantitative estimate of drug-likeness (QED) is 0.932. The second kappa shape index (κ2) is 5.22. The van der Waals surface area contributed by atoms with Crippen LogP contribution in [0.1, 0.15) is 15.2 Å². The Morgan fingerprint density at radius 3 is 2.70 bits per heavy atom. The fourth-order valence-corrected chi connectivity index (χ4v) is 4.48. The summed E-state index contributed by atoms with van der Waals surface area (Å²) in [5.41, 5.74) is 0.789. The van der Waals surface area contributed by atoms with E-state index in [1.807, 2.05) is 0 Å². The first-order valence-corrected chi connectivity index (χ1v) is 7.88. The molecule has 2 rings (SSSR count). The van der Waals surface area contributed by atoms with Crippen molar-refractivity contribution in [2.75, 3.05) is 11.4 Å². The zero-order valence-corrected chi connectivity index (χ0v) is 12.4. The molecule has 0 atom stereocenters. The smallest absolute Gasteiger partial charge is 0.347 e. The van der Waals surface area contributed by atoms with Gasteiger partial charge in [0.25, 0.3) is 10.0 Å². The van der Waals surface area contributed by atoms with Gasteiger partial charge in [-0.1, -0.05) is 0 Å². The topological polar surface area (TPSA) is 87.6 Å². The minimum absolute atomic E-state index is 0.165. The van der Waals surface area contributed by atoms with Gasteiger partial charge in [-0.05, 0) is 30.0 Å². The lowest BCUT2D eigenvalue weighted by atomic mass is 10.3. The Morgan fingerprint density at radius 2 is 2.15 bits per heavy atom. The third-order valence-corrected chi connectivity index (χ3v) is 5.93. The molecule has 20 heavy (non-hydrogen) atoms. The van der Waals surface area contributed by atoms with Crippen molar-refractivity contribution in [3.05, 3.63) is 40.3 Å². The fourth-order valence-electron chi connectivity index (χ4n) is 1.72. The summed E-state index contributed by atoms with van der Waals surface area (Å²) >= 11 is 0.903. The monoisotopic (exact) mass is 312 g/mol. The van der Waals surface area contributed by atoms with Crippen molar-refractivity contribution in [2.45, 2.75) is 11.8 Å². The van der Waals surface area contributed by atoms with E-state index in [1.165, 1.54) is 24.8 Å². The van der Waals surface area contributed by atoms with E-state index in [9.17, 15) is 13.2 Å². The summed E-state index contributed by atoms with van der Waals surface area (Å²) in [5, 5.41) is 10.6. The number of sulfonamides is 1. The summed E-state index contributed by atoms with van der Waals surface area (Å²) in [6, 6.07) is 3.20. The first-order valence-electron chi connectivity index (χ1n) is 5.56. The number of carboxylic acid groups (broad SMARTS) is 1. The van der Waals surface area contributed by atoms with Gasteiger partial charge in [-0.2, -0.15) is 0 Å². The number of rotatable bonds is 4. The van der Waals surface area contributed by atoms with Crippen molar-refractivity contribution in [3.8, 4) is 0 Å². The van der Waals surface area contributed by atoms with Gasteiger partial charge in [0, 0.05) is 13.2 Å². The highest BCUT2D eigenvalue weighted by Crippen LogP contribution is 2.30. The Balaban J connectivity index is 2.57. The highest BCUT2D eigenvalue weighted by molar-refractivity contribution is 7.93. The van der Waals surface area contributed by atoms with Crippen LogP contribution >= 0.6 is 11.3 Å². The number of nitrogens with zero attached hydrogens (tertiary/aromatic N) is 2. The molecule has 0 aromatic carbocycles. The second-order valence-electron chi connectivity index (χ2n) is 4.07. The largest absolute Gasteiger partial charge is 0.477 e. The summed E-state index contributed by atoms with van der Waals surface area (Å²) in [5.74, 6) is -1.25. The summed E-state index contributed by atoms with van der Waals surface area (Å²) in [6.07, 6.45) is 2.93. The number of pyridine rings is 1. The van der Waals surface area contributed by atoms with Crippen LogP contribution in [0.2, 0.25) is 0 Å².